The van der Waals surface area contributed by atoms with Crippen LogP contribution in [0.5, 0.6) is 0 Å². The van der Waals surface area contributed by atoms with Crippen LogP contribution in [0.1, 0.15) is 52.4 Å². The van der Waals surface area contributed by atoms with E-state index in [1.807, 2.05) is 10.9 Å². The number of rotatable bonds is 4. The van der Waals surface area contributed by atoms with Gasteiger partial charge in [0.25, 0.3) is 0 Å². The van der Waals surface area contributed by atoms with Crippen LogP contribution in [0.25, 0.3) is 0 Å². The monoisotopic (exact) mass is 293 g/mol. The van der Waals surface area contributed by atoms with E-state index in [0.29, 0.717) is 0 Å². The minimum atomic E-state index is -0.310. The van der Waals surface area contributed by atoms with Gasteiger partial charge in [-0.15, -0.1) is 0 Å². The topological polar surface area (TPSA) is 39.5 Å². The first-order chi connectivity index (χ1) is 9.87. The van der Waals surface area contributed by atoms with Crippen molar-refractivity contribution in [2.75, 3.05) is 19.6 Å². The summed E-state index contributed by atoms with van der Waals surface area (Å²) in [6.07, 6.45) is 6.27. The molecule has 118 valence electrons. The van der Waals surface area contributed by atoms with Crippen LogP contribution in [-0.2, 0) is 16.0 Å². The zero-order valence-corrected chi connectivity index (χ0v) is 13.6. The lowest BCUT2D eigenvalue weighted by molar-refractivity contribution is -0.0896. The molecule has 5 heteroatoms. The highest BCUT2D eigenvalue weighted by Gasteiger charge is 2.49. The minimum Gasteiger partial charge on any atom is -0.339 e. The molecule has 3 heterocycles. The highest BCUT2D eigenvalue weighted by atomic mass is 16.7. The first-order valence-corrected chi connectivity index (χ1v) is 7.98. The SMILES string of the molecule is CC1(C)OC(c2cnn(CCN3CCCC3)c2)OC1(C)C. The third-order valence-electron chi connectivity index (χ3n) is 5.02. The molecule has 2 saturated heterocycles. The molecule has 1 aromatic heterocycles. The molecule has 0 atom stereocenters. The summed E-state index contributed by atoms with van der Waals surface area (Å²) in [5, 5.41) is 4.45. The molecule has 0 aromatic carbocycles. The summed E-state index contributed by atoms with van der Waals surface area (Å²) in [4.78, 5) is 2.50. The third kappa shape index (κ3) is 3.00. The predicted molar refractivity (Wildman–Crippen MR) is 81.0 cm³/mol. The largest absolute Gasteiger partial charge is 0.339 e. The molecule has 5 nitrogen and oxygen atoms in total. The Morgan fingerprint density at radius 2 is 1.71 bits per heavy atom. The summed E-state index contributed by atoms with van der Waals surface area (Å²) < 4.78 is 14.1. The van der Waals surface area contributed by atoms with Crippen LogP contribution in [-0.4, -0.2) is 45.5 Å². The van der Waals surface area contributed by atoms with Gasteiger partial charge in [-0.3, -0.25) is 4.68 Å². The van der Waals surface area contributed by atoms with Gasteiger partial charge in [0.2, 0.25) is 0 Å². The van der Waals surface area contributed by atoms with E-state index in [2.05, 4.69) is 43.9 Å². The molecule has 2 fully saturated rings. The molecule has 0 amide bonds. The second-order valence-corrected chi connectivity index (χ2v) is 7.17. The average Bonchev–Trinajstić information content (AvgIpc) is 3.09. The Morgan fingerprint density at radius 1 is 1.10 bits per heavy atom. The molecule has 2 aliphatic rings. The van der Waals surface area contributed by atoms with Gasteiger partial charge >= 0.3 is 0 Å². The molecule has 1 aromatic rings. The van der Waals surface area contributed by atoms with Crippen molar-refractivity contribution in [2.24, 2.45) is 0 Å². The van der Waals surface area contributed by atoms with Crippen molar-refractivity contribution in [3.05, 3.63) is 18.0 Å². The van der Waals surface area contributed by atoms with Gasteiger partial charge in [-0.25, -0.2) is 0 Å². The fraction of sp³-hybridized carbons (Fsp3) is 0.812. The molecule has 0 bridgehead atoms. The highest BCUT2D eigenvalue weighted by molar-refractivity contribution is 5.10. The first-order valence-electron chi connectivity index (χ1n) is 7.98. The molecule has 3 rings (SSSR count). The molecular weight excluding hydrogens is 266 g/mol. The summed E-state index contributed by atoms with van der Waals surface area (Å²) in [6.45, 7) is 12.8. The maximum Gasteiger partial charge on any atom is 0.188 e. The van der Waals surface area contributed by atoms with Crippen LogP contribution in [0, 0.1) is 0 Å². The second-order valence-electron chi connectivity index (χ2n) is 7.17. The number of likely N-dealkylation sites (tertiary alicyclic amines) is 1. The Labute approximate surface area is 127 Å². The quantitative estimate of drug-likeness (QED) is 0.855. The van der Waals surface area contributed by atoms with Gasteiger partial charge in [-0.1, -0.05) is 0 Å². The summed E-state index contributed by atoms with van der Waals surface area (Å²) in [5.74, 6) is 0. The predicted octanol–water partition coefficient (Wildman–Crippen LogP) is 2.58. The molecule has 0 aliphatic carbocycles. The van der Waals surface area contributed by atoms with Gasteiger partial charge in [0.15, 0.2) is 6.29 Å². The maximum atomic E-state index is 6.06. The lowest BCUT2D eigenvalue weighted by Crippen LogP contribution is -2.41. The van der Waals surface area contributed by atoms with Crippen LogP contribution in [0.15, 0.2) is 12.4 Å². The molecule has 0 radical (unpaired) electrons. The fourth-order valence-electron chi connectivity index (χ4n) is 2.85. The van der Waals surface area contributed by atoms with E-state index >= 15 is 0 Å². The van der Waals surface area contributed by atoms with Gasteiger partial charge < -0.3 is 14.4 Å². The Hall–Kier alpha value is -0.910. The highest BCUT2D eigenvalue weighted by Crippen LogP contribution is 2.44. The lowest BCUT2D eigenvalue weighted by atomic mass is 9.90. The average molecular weight is 293 g/mol. The number of nitrogens with zero attached hydrogens (tertiary/aromatic N) is 3. The van der Waals surface area contributed by atoms with Crippen LogP contribution in [0.4, 0.5) is 0 Å². The number of hydrogen-bond donors (Lipinski definition) is 0. The van der Waals surface area contributed by atoms with E-state index in [4.69, 9.17) is 9.47 Å². The van der Waals surface area contributed by atoms with Crippen LogP contribution >= 0.6 is 0 Å². The fourth-order valence-corrected chi connectivity index (χ4v) is 2.85. The molecule has 0 saturated carbocycles. The Balaban J connectivity index is 1.60. The molecule has 0 unspecified atom stereocenters. The van der Waals surface area contributed by atoms with Crippen molar-refractivity contribution in [2.45, 2.75) is 64.6 Å². The summed E-state index contributed by atoms with van der Waals surface area (Å²) >= 11 is 0. The van der Waals surface area contributed by atoms with Gasteiger partial charge in [0.05, 0.1) is 23.9 Å². The summed E-state index contributed by atoms with van der Waals surface area (Å²) in [5.41, 5.74) is 0.417. The van der Waals surface area contributed by atoms with Crippen LogP contribution in [0.3, 0.4) is 0 Å². The van der Waals surface area contributed by atoms with Crippen molar-refractivity contribution in [3.8, 4) is 0 Å². The van der Waals surface area contributed by atoms with Gasteiger partial charge in [-0.2, -0.15) is 5.10 Å². The van der Waals surface area contributed by atoms with Gasteiger partial charge in [-0.05, 0) is 53.6 Å². The number of hydrogen-bond acceptors (Lipinski definition) is 4. The number of aromatic nitrogens is 2. The molecule has 2 aliphatic heterocycles. The van der Waals surface area contributed by atoms with E-state index in [-0.39, 0.29) is 17.5 Å². The van der Waals surface area contributed by atoms with E-state index in [0.717, 1.165) is 18.7 Å². The normalized spacial score (nSPS) is 25.7. The zero-order valence-electron chi connectivity index (χ0n) is 13.6. The standard InChI is InChI=1S/C16H27N3O2/c1-15(2)16(3,4)21-14(20-15)13-11-17-19(12-13)10-9-18-7-5-6-8-18/h11-12,14H,5-10H2,1-4H3. The summed E-state index contributed by atoms with van der Waals surface area (Å²) in [6, 6.07) is 0. The Morgan fingerprint density at radius 3 is 2.33 bits per heavy atom. The van der Waals surface area contributed by atoms with E-state index in [1.54, 1.807) is 0 Å². The van der Waals surface area contributed by atoms with Crippen molar-refractivity contribution < 1.29 is 9.47 Å². The Kier molecular flexibility index (Phi) is 3.84. The Bertz CT molecular complexity index is 473. The number of ether oxygens (including phenoxy) is 2. The van der Waals surface area contributed by atoms with Crippen molar-refractivity contribution in [3.63, 3.8) is 0 Å². The zero-order chi connectivity index (χ0) is 15.1. The molecular formula is C16H27N3O2. The maximum absolute atomic E-state index is 6.06. The van der Waals surface area contributed by atoms with Gasteiger partial charge in [0, 0.05) is 18.3 Å². The van der Waals surface area contributed by atoms with Gasteiger partial charge in [0.1, 0.15) is 0 Å². The van der Waals surface area contributed by atoms with Crippen molar-refractivity contribution in [1.29, 1.82) is 0 Å². The van der Waals surface area contributed by atoms with Crippen molar-refractivity contribution in [1.82, 2.24) is 14.7 Å². The smallest absolute Gasteiger partial charge is 0.188 e. The first kappa shape index (κ1) is 15.0. The lowest BCUT2D eigenvalue weighted by Gasteiger charge is -2.30. The van der Waals surface area contributed by atoms with E-state index in [9.17, 15) is 0 Å². The van der Waals surface area contributed by atoms with E-state index in [1.165, 1.54) is 25.9 Å². The van der Waals surface area contributed by atoms with Crippen LogP contribution < -0.4 is 0 Å². The molecule has 0 N–H and O–H groups in total. The van der Waals surface area contributed by atoms with Crippen LogP contribution in [0.2, 0.25) is 0 Å². The minimum absolute atomic E-state index is 0.296. The second kappa shape index (κ2) is 5.38. The van der Waals surface area contributed by atoms with E-state index < -0.39 is 0 Å². The molecule has 0 spiro atoms. The third-order valence-corrected chi connectivity index (χ3v) is 5.02. The molecule has 21 heavy (non-hydrogen) atoms. The van der Waals surface area contributed by atoms with Crippen molar-refractivity contribution >= 4 is 0 Å². The summed E-state index contributed by atoms with van der Waals surface area (Å²) in [7, 11) is 0.